The number of benzene rings is 2. The maximum atomic E-state index is 12.8. The number of hydrogen-bond donors (Lipinski definition) is 1. The molecule has 2 heterocycles. The van der Waals surface area contributed by atoms with Crippen LogP contribution in [-0.2, 0) is 0 Å². The summed E-state index contributed by atoms with van der Waals surface area (Å²) in [6.07, 6.45) is 2.70. The van der Waals surface area contributed by atoms with Gasteiger partial charge in [0.15, 0.2) is 5.65 Å². The number of fused-ring (bicyclic) bond motifs is 1. The highest BCUT2D eigenvalue weighted by Gasteiger charge is 2.14. The zero-order valence-corrected chi connectivity index (χ0v) is 17.0. The molecule has 0 bridgehead atoms. The van der Waals surface area contributed by atoms with Crippen LogP contribution in [0.25, 0.3) is 16.7 Å². The molecule has 2 aromatic carbocycles. The monoisotopic (exact) mass is 423 g/mol. The Balaban J connectivity index is 1.60. The molecule has 1 N–H and O–H groups in total. The van der Waals surface area contributed by atoms with Gasteiger partial charge in [0, 0.05) is 10.6 Å². The van der Waals surface area contributed by atoms with Gasteiger partial charge in [-0.2, -0.15) is 5.10 Å². The van der Waals surface area contributed by atoms with Crippen LogP contribution in [-0.4, -0.2) is 31.5 Å². The Morgan fingerprint density at radius 2 is 1.93 bits per heavy atom. The number of nitrogens with zero attached hydrogens (tertiary/aromatic N) is 4. The van der Waals surface area contributed by atoms with E-state index < -0.39 is 11.5 Å². The highest BCUT2D eigenvalue weighted by Crippen LogP contribution is 2.18. The fraction of sp³-hybridized carbons (Fsp3) is 0.143. The molecule has 0 spiro atoms. The average molecular weight is 424 g/mol. The zero-order chi connectivity index (χ0) is 21.3. The lowest BCUT2D eigenvalue weighted by Gasteiger charge is -2.11. The maximum Gasteiger partial charge on any atom is 0.283 e. The molecule has 30 heavy (non-hydrogen) atoms. The lowest BCUT2D eigenvalue weighted by Crippen LogP contribution is -2.33. The largest absolute Gasteiger partial charge is 0.491 e. The maximum absolute atomic E-state index is 12.8. The van der Waals surface area contributed by atoms with Crippen molar-refractivity contribution in [3.63, 3.8) is 0 Å². The molecule has 0 atom stereocenters. The molecule has 0 unspecified atom stereocenters. The summed E-state index contributed by atoms with van der Waals surface area (Å²) in [5.41, 5.74) is 3.52. The molecular formula is C21H18ClN5O3. The number of aromatic nitrogens is 4. The third-order valence-electron chi connectivity index (χ3n) is 4.25. The Morgan fingerprint density at radius 1 is 1.17 bits per heavy atom. The van der Waals surface area contributed by atoms with Gasteiger partial charge in [-0.05, 0) is 56.3 Å². The minimum atomic E-state index is -0.448. The lowest BCUT2D eigenvalue weighted by atomic mass is 10.2. The van der Waals surface area contributed by atoms with Crippen molar-refractivity contribution in [3.05, 3.63) is 82.0 Å². The highest BCUT2D eigenvalue weighted by atomic mass is 35.5. The number of carbonyl (C=O) groups excluding carboxylic acids is 1. The summed E-state index contributed by atoms with van der Waals surface area (Å²) >= 11 is 6.04. The second-order valence-electron chi connectivity index (χ2n) is 6.83. The molecule has 0 aliphatic heterocycles. The number of nitrogens with one attached hydrogen (secondary N) is 1. The molecule has 4 aromatic rings. The molecule has 0 radical (unpaired) electrons. The minimum Gasteiger partial charge on any atom is -0.491 e. The van der Waals surface area contributed by atoms with Crippen LogP contribution in [0.1, 0.15) is 24.2 Å². The van der Waals surface area contributed by atoms with Gasteiger partial charge >= 0.3 is 0 Å². The van der Waals surface area contributed by atoms with Gasteiger partial charge < -0.3 is 4.74 Å². The Hall–Kier alpha value is -3.65. The molecule has 8 nitrogen and oxygen atoms in total. The Kier molecular flexibility index (Phi) is 5.24. The van der Waals surface area contributed by atoms with Crippen LogP contribution >= 0.6 is 11.6 Å². The van der Waals surface area contributed by atoms with Crippen molar-refractivity contribution >= 4 is 28.5 Å². The van der Waals surface area contributed by atoms with Gasteiger partial charge in [-0.3, -0.25) is 15.0 Å². The SMILES string of the molecule is CC(C)Oc1ccc(C(=O)Nn2cnc3c(cnn3-c3cccc(Cl)c3)c2=O)cc1. The van der Waals surface area contributed by atoms with E-state index in [1.807, 2.05) is 13.8 Å². The highest BCUT2D eigenvalue weighted by molar-refractivity contribution is 6.30. The van der Waals surface area contributed by atoms with Crippen molar-refractivity contribution < 1.29 is 9.53 Å². The fourth-order valence-corrected chi connectivity index (χ4v) is 3.10. The predicted molar refractivity (Wildman–Crippen MR) is 114 cm³/mol. The second kappa shape index (κ2) is 8.00. The van der Waals surface area contributed by atoms with Crippen molar-refractivity contribution in [1.82, 2.24) is 19.4 Å². The van der Waals surface area contributed by atoms with Crippen LogP contribution in [0.4, 0.5) is 0 Å². The van der Waals surface area contributed by atoms with Crippen LogP contribution in [0, 0.1) is 0 Å². The van der Waals surface area contributed by atoms with Gasteiger partial charge in [0.25, 0.3) is 11.5 Å². The fourth-order valence-electron chi connectivity index (χ4n) is 2.92. The quantitative estimate of drug-likeness (QED) is 0.531. The van der Waals surface area contributed by atoms with E-state index in [9.17, 15) is 9.59 Å². The first kappa shape index (κ1) is 19.7. The van der Waals surface area contributed by atoms with E-state index in [-0.39, 0.29) is 11.5 Å². The van der Waals surface area contributed by atoms with Gasteiger partial charge in [-0.15, -0.1) is 0 Å². The molecule has 0 saturated carbocycles. The van der Waals surface area contributed by atoms with Crippen LogP contribution in [0.5, 0.6) is 5.75 Å². The number of amides is 1. The van der Waals surface area contributed by atoms with Gasteiger partial charge in [0.1, 0.15) is 17.5 Å². The number of halogens is 1. The zero-order valence-electron chi connectivity index (χ0n) is 16.2. The van der Waals surface area contributed by atoms with Crippen molar-refractivity contribution in [2.24, 2.45) is 0 Å². The molecule has 152 valence electrons. The van der Waals surface area contributed by atoms with Gasteiger partial charge in [0.05, 0.1) is 18.0 Å². The molecule has 9 heteroatoms. The molecular weight excluding hydrogens is 406 g/mol. The van der Waals surface area contributed by atoms with E-state index in [1.165, 1.54) is 17.2 Å². The first-order chi connectivity index (χ1) is 14.4. The molecule has 0 aliphatic rings. The topological polar surface area (TPSA) is 91.0 Å². The van der Waals surface area contributed by atoms with Gasteiger partial charge in [-0.1, -0.05) is 17.7 Å². The summed E-state index contributed by atoms with van der Waals surface area (Å²) in [7, 11) is 0. The normalized spacial score (nSPS) is 11.1. The molecule has 1 amide bonds. The van der Waals surface area contributed by atoms with Crippen molar-refractivity contribution in [2.45, 2.75) is 20.0 Å². The van der Waals surface area contributed by atoms with E-state index in [0.717, 1.165) is 4.68 Å². The number of rotatable bonds is 5. The van der Waals surface area contributed by atoms with E-state index in [2.05, 4.69) is 15.5 Å². The third-order valence-corrected chi connectivity index (χ3v) is 4.49. The van der Waals surface area contributed by atoms with Crippen molar-refractivity contribution in [3.8, 4) is 11.4 Å². The Morgan fingerprint density at radius 3 is 2.63 bits per heavy atom. The molecule has 0 saturated heterocycles. The number of ether oxygens (including phenoxy) is 1. The summed E-state index contributed by atoms with van der Waals surface area (Å²) in [4.78, 5) is 29.6. The summed E-state index contributed by atoms with van der Waals surface area (Å²) in [5.74, 6) is 0.215. The average Bonchev–Trinajstić information content (AvgIpc) is 3.15. The standard InChI is InChI=1S/C21H18ClN5O3/c1-13(2)30-17-8-6-14(7-9-17)20(28)25-26-12-23-19-18(21(26)29)11-24-27(19)16-5-3-4-15(22)10-16/h3-13H,1-2H3,(H,25,28). The number of carbonyl (C=O) groups is 1. The molecule has 2 aromatic heterocycles. The molecule has 4 rings (SSSR count). The summed E-state index contributed by atoms with van der Waals surface area (Å²) < 4.78 is 8.12. The Labute approximate surface area is 176 Å². The van der Waals surface area contributed by atoms with Gasteiger partial charge in [0.2, 0.25) is 0 Å². The summed E-state index contributed by atoms with van der Waals surface area (Å²) in [6.45, 7) is 3.84. The van der Waals surface area contributed by atoms with Gasteiger partial charge in [-0.25, -0.2) is 14.3 Å². The number of hydrogen-bond acceptors (Lipinski definition) is 5. The van der Waals surface area contributed by atoms with E-state index >= 15 is 0 Å². The van der Waals surface area contributed by atoms with Crippen molar-refractivity contribution in [2.75, 3.05) is 5.43 Å². The first-order valence-electron chi connectivity index (χ1n) is 9.22. The van der Waals surface area contributed by atoms with Crippen LogP contribution in [0.3, 0.4) is 0 Å². The van der Waals surface area contributed by atoms with Crippen LogP contribution in [0.15, 0.2) is 65.8 Å². The third kappa shape index (κ3) is 3.90. The minimum absolute atomic E-state index is 0.0360. The summed E-state index contributed by atoms with van der Waals surface area (Å²) in [6, 6.07) is 13.7. The summed E-state index contributed by atoms with van der Waals surface area (Å²) in [5, 5.41) is 5.04. The molecule has 0 aliphatic carbocycles. The van der Waals surface area contributed by atoms with Crippen LogP contribution < -0.4 is 15.7 Å². The lowest BCUT2D eigenvalue weighted by molar-refractivity contribution is 0.101. The van der Waals surface area contributed by atoms with Crippen molar-refractivity contribution in [1.29, 1.82) is 0 Å². The Bertz CT molecular complexity index is 1280. The first-order valence-corrected chi connectivity index (χ1v) is 9.59. The predicted octanol–water partition coefficient (Wildman–Crippen LogP) is 3.41. The molecule has 0 fully saturated rings. The second-order valence-corrected chi connectivity index (χ2v) is 7.26. The van der Waals surface area contributed by atoms with E-state index in [1.54, 1.807) is 48.5 Å². The van der Waals surface area contributed by atoms with E-state index in [4.69, 9.17) is 16.3 Å². The smallest absolute Gasteiger partial charge is 0.283 e. The van der Waals surface area contributed by atoms with E-state index in [0.29, 0.717) is 27.7 Å². The van der Waals surface area contributed by atoms with Crippen LogP contribution in [0.2, 0.25) is 5.02 Å².